The van der Waals surface area contributed by atoms with E-state index >= 15 is 0 Å². The number of hydrogen-bond acceptors (Lipinski definition) is 5. The molecule has 1 saturated heterocycles. The molecule has 2 aromatic rings. The van der Waals surface area contributed by atoms with Gasteiger partial charge in [-0.3, -0.25) is 14.9 Å². The lowest BCUT2D eigenvalue weighted by molar-refractivity contribution is -0.122. The fourth-order valence-corrected chi connectivity index (χ4v) is 3.00. The molecule has 0 unspecified atom stereocenters. The zero-order chi connectivity index (χ0) is 21.8. The molecule has 9 heteroatoms. The Bertz CT molecular complexity index is 1110. The van der Waals surface area contributed by atoms with E-state index < -0.39 is 23.7 Å². The van der Waals surface area contributed by atoms with Crippen LogP contribution >= 0.6 is 11.6 Å². The summed E-state index contributed by atoms with van der Waals surface area (Å²) >= 11 is 6.21. The maximum absolute atomic E-state index is 13.2. The van der Waals surface area contributed by atoms with Crippen molar-refractivity contribution in [2.45, 2.75) is 0 Å². The smallest absolute Gasteiger partial charge is 0.335 e. The van der Waals surface area contributed by atoms with E-state index in [1.165, 1.54) is 37.5 Å². The minimum atomic E-state index is -0.942. The Hall–Kier alpha value is -3.83. The summed E-state index contributed by atoms with van der Waals surface area (Å²) < 4.78 is 23.8. The molecular formula is C21H14ClFN2O5. The van der Waals surface area contributed by atoms with Gasteiger partial charge in [0.2, 0.25) is 0 Å². The number of ether oxygens (including phenoxy) is 2. The van der Waals surface area contributed by atoms with Crippen molar-refractivity contribution in [1.82, 2.24) is 5.32 Å². The Balaban J connectivity index is 2.01. The molecule has 0 aromatic heterocycles. The molecule has 1 N–H and O–H groups in total. The van der Waals surface area contributed by atoms with Crippen molar-refractivity contribution in [3.63, 3.8) is 0 Å². The molecule has 3 rings (SSSR count). The van der Waals surface area contributed by atoms with Gasteiger partial charge in [-0.05, 0) is 48.0 Å². The van der Waals surface area contributed by atoms with Gasteiger partial charge in [0.15, 0.2) is 11.5 Å². The minimum Gasteiger partial charge on any atom is -0.493 e. The Morgan fingerprint density at radius 1 is 1.23 bits per heavy atom. The summed E-state index contributed by atoms with van der Waals surface area (Å²) in [7, 11) is 1.39. The zero-order valence-electron chi connectivity index (χ0n) is 15.6. The van der Waals surface area contributed by atoms with Gasteiger partial charge < -0.3 is 9.47 Å². The van der Waals surface area contributed by atoms with Gasteiger partial charge >= 0.3 is 6.03 Å². The molecule has 1 fully saturated rings. The van der Waals surface area contributed by atoms with Crippen LogP contribution in [0.3, 0.4) is 0 Å². The molecule has 30 heavy (non-hydrogen) atoms. The van der Waals surface area contributed by atoms with Gasteiger partial charge in [-0.2, -0.15) is 0 Å². The van der Waals surface area contributed by atoms with Gasteiger partial charge in [0, 0.05) is 0 Å². The summed E-state index contributed by atoms with van der Waals surface area (Å²) in [5, 5.41) is 2.22. The third-order valence-electron chi connectivity index (χ3n) is 4.05. The summed E-state index contributed by atoms with van der Waals surface area (Å²) in [4.78, 5) is 38.0. The average molecular weight is 429 g/mol. The number of amides is 4. The van der Waals surface area contributed by atoms with Crippen LogP contribution in [0.1, 0.15) is 5.56 Å². The van der Waals surface area contributed by atoms with Gasteiger partial charge in [-0.15, -0.1) is 6.42 Å². The Kier molecular flexibility index (Phi) is 6.04. The number of carbonyl (C=O) groups excluding carboxylic acids is 3. The number of nitrogens with zero attached hydrogens (tertiary/aromatic N) is 1. The van der Waals surface area contributed by atoms with Crippen LogP contribution in [0.4, 0.5) is 14.9 Å². The van der Waals surface area contributed by atoms with Crippen molar-refractivity contribution < 1.29 is 28.2 Å². The summed E-state index contributed by atoms with van der Waals surface area (Å²) in [6.45, 7) is -0.0356. The summed E-state index contributed by atoms with van der Waals surface area (Å²) in [5.74, 6) is 0.456. The lowest BCUT2D eigenvalue weighted by Gasteiger charge is -2.26. The number of methoxy groups -OCH3 is 1. The van der Waals surface area contributed by atoms with Crippen molar-refractivity contribution in [1.29, 1.82) is 0 Å². The third-order valence-corrected chi connectivity index (χ3v) is 4.33. The monoisotopic (exact) mass is 428 g/mol. The number of hydrogen-bond donors (Lipinski definition) is 1. The van der Waals surface area contributed by atoms with Crippen molar-refractivity contribution in [3.05, 3.63) is 58.4 Å². The zero-order valence-corrected chi connectivity index (χ0v) is 16.3. The number of terminal acetylenes is 1. The van der Waals surface area contributed by atoms with E-state index in [0.29, 0.717) is 5.56 Å². The second-order valence-corrected chi connectivity index (χ2v) is 6.37. The third kappa shape index (κ3) is 4.11. The molecule has 1 aliphatic heterocycles. The van der Waals surface area contributed by atoms with E-state index in [1.54, 1.807) is 0 Å². The molecule has 0 bridgehead atoms. The second-order valence-electron chi connectivity index (χ2n) is 5.96. The van der Waals surface area contributed by atoms with Crippen molar-refractivity contribution >= 4 is 41.2 Å². The standard InChI is InChI=1S/C21H14ClFN2O5/c1-3-8-30-18-16(22)10-12(11-17(18)29-2)9-15-19(26)24-21(28)25(20(15)27)14-6-4-13(23)5-7-14/h1,4-7,9-11H,8H2,2H3,(H,24,26,28)/b15-9+. The van der Waals surface area contributed by atoms with E-state index in [2.05, 4.69) is 11.2 Å². The van der Waals surface area contributed by atoms with E-state index in [-0.39, 0.29) is 34.4 Å². The summed E-state index contributed by atoms with van der Waals surface area (Å²) in [5.41, 5.74) is 0.122. The Morgan fingerprint density at radius 3 is 2.57 bits per heavy atom. The molecule has 2 aromatic carbocycles. The van der Waals surface area contributed by atoms with E-state index in [0.717, 1.165) is 17.0 Å². The van der Waals surface area contributed by atoms with Crippen molar-refractivity contribution in [3.8, 4) is 23.8 Å². The SMILES string of the molecule is C#CCOc1c(Cl)cc(/C=C2\C(=O)NC(=O)N(c3ccc(F)cc3)C2=O)cc1OC. The Labute approximate surface area is 176 Å². The van der Waals surface area contributed by atoms with Crippen LogP contribution in [-0.4, -0.2) is 31.6 Å². The molecule has 7 nitrogen and oxygen atoms in total. The predicted molar refractivity (Wildman–Crippen MR) is 108 cm³/mol. The quantitative estimate of drug-likeness (QED) is 0.449. The number of barbiturate groups is 1. The molecule has 0 atom stereocenters. The number of halogens is 2. The highest BCUT2D eigenvalue weighted by Crippen LogP contribution is 2.37. The van der Waals surface area contributed by atoms with Gasteiger partial charge in [-0.1, -0.05) is 17.5 Å². The molecule has 1 aliphatic rings. The minimum absolute atomic E-state index is 0.0356. The first-order chi connectivity index (χ1) is 14.3. The van der Waals surface area contributed by atoms with Gasteiger partial charge in [0.25, 0.3) is 11.8 Å². The molecule has 0 saturated carbocycles. The second kappa shape index (κ2) is 8.68. The molecule has 4 amide bonds. The largest absolute Gasteiger partial charge is 0.493 e. The number of rotatable bonds is 5. The predicted octanol–water partition coefficient (Wildman–Crippen LogP) is 3.17. The maximum Gasteiger partial charge on any atom is 0.335 e. The van der Waals surface area contributed by atoms with Crippen LogP contribution in [0.25, 0.3) is 6.08 Å². The number of carbonyl (C=O) groups is 3. The summed E-state index contributed by atoms with van der Waals surface area (Å²) in [6, 6.07) is 6.67. The first-order valence-electron chi connectivity index (χ1n) is 8.46. The summed E-state index contributed by atoms with van der Waals surface area (Å²) in [6.07, 6.45) is 6.43. The fraction of sp³-hybridized carbons (Fsp3) is 0.0952. The molecule has 0 aliphatic carbocycles. The molecular weight excluding hydrogens is 415 g/mol. The molecule has 0 radical (unpaired) electrons. The topological polar surface area (TPSA) is 84.9 Å². The first-order valence-corrected chi connectivity index (χ1v) is 8.84. The van der Waals surface area contributed by atoms with E-state index in [4.69, 9.17) is 27.5 Å². The van der Waals surface area contributed by atoms with Crippen LogP contribution in [0.5, 0.6) is 11.5 Å². The number of imide groups is 2. The molecule has 0 spiro atoms. The first kappa shape index (κ1) is 20.9. The number of nitrogens with one attached hydrogen (secondary N) is 1. The Morgan fingerprint density at radius 2 is 1.93 bits per heavy atom. The maximum atomic E-state index is 13.2. The number of benzene rings is 2. The lowest BCUT2D eigenvalue weighted by Crippen LogP contribution is -2.54. The molecule has 1 heterocycles. The molecule has 152 valence electrons. The van der Waals surface area contributed by atoms with E-state index in [9.17, 15) is 18.8 Å². The van der Waals surface area contributed by atoms with Gasteiger partial charge in [0.1, 0.15) is 18.0 Å². The van der Waals surface area contributed by atoms with Crippen LogP contribution in [0.2, 0.25) is 5.02 Å². The van der Waals surface area contributed by atoms with Crippen molar-refractivity contribution in [2.75, 3.05) is 18.6 Å². The van der Waals surface area contributed by atoms with Crippen LogP contribution in [-0.2, 0) is 9.59 Å². The lowest BCUT2D eigenvalue weighted by atomic mass is 10.1. The van der Waals surface area contributed by atoms with Crippen molar-refractivity contribution in [2.24, 2.45) is 0 Å². The highest BCUT2D eigenvalue weighted by atomic mass is 35.5. The average Bonchev–Trinajstić information content (AvgIpc) is 2.71. The van der Waals surface area contributed by atoms with E-state index in [1.807, 2.05) is 0 Å². The number of urea groups is 1. The van der Waals surface area contributed by atoms with Crippen LogP contribution < -0.4 is 19.7 Å². The van der Waals surface area contributed by atoms with Gasteiger partial charge in [0.05, 0.1) is 17.8 Å². The normalized spacial score (nSPS) is 15.1. The fourth-order valence-electron chi connectivity index (χ4n) is 2.73. The van der Waals surface area contributed by atoms with Gasteiger partial charge in [-0.25, -0.2) is 14.1 Å². The number of anilines is 1. The highest BCUT2D eigenvalue weighted by Gasteiger charge is 2.36. The van der Waals surface area contributed by atoms with Crippen LogP contribution in [0, 0.1) is 18.2 Å². The highest BCUT2D eigenvalue weighted by molar-refractivity contribution is 6.39. The van der Waals surface area contributed by atoms with Crippen LogP contribution in [0.15, 0.2) is 42.0 Å².